The van der Waals surface area contributed by atoms with Gasteiger partial charge in [0, 0.05) is 16.8 Å². The first-order chi connectivity index (χ1) is 12.8. The molecule has 7 heteroatoms. The number of nitrogens with zero attached hydrogens (tertiary/aromatic N) is 3. The van der Waals surface area contributed by atoms with Crippen LogP contribution in [0.2, 0.25) is 5.02 Å². The number of carbonyl (C=O) groups excluding carboxylic acids is 1. The fourth-order valence-electron chi connectivity index (χ4n) is 2.87. The Morgan fingerprint density at radius 3 is 2.59 bits per heavy atom. The molecule has 3 aromatic rings. The van der Waals surface area contributed by atoms with E-state index < -0.39 is 0 Å². The maximum absolute atomic E-state index is 13.1. The minimum absolute atomic E-state index is 0.140. The van der Waals surface area contributed by atoms with Gasteiger partial charge in [-0.05, 0) is 44.0 Å². The van der Waals surface area contributed by atoms with Crippen LogP contribution < -0.4 is 10.1 Å². The zero-order valence-electron chi connectivity index (χ0n) is 16.1. The van der Waals surface area contributed by atoms with E-state index in [1.807, 2.05) is 38.4 Å². The molecule has 0 spiro atoms. The number of nitrogens with one attached hydrogen (secondary N) is 1. The van der Waals surface area contributed by atoms with E-state index in [1.54, 1.807) is 31.5 Å². The van der Waals surface area contributed by atoms with Gasteiger partial charge in [0.25, 0.3) is 5.91 Å². The van der Waals surface area contributed by atoms with Crippen LogP contribution in [0.25, 0.3) is 11.0 Å². The van der Waals surface area contributed by atoms with Crippen LogP contribution in [0.3, 0.4) is 0 Å². The minimum Gasteiger partial charge on any atom is -0.495 e. The van der Waals surface area contributed by atoms with Gasteiger partial charge < -0.3 is 10.1 Å². The maximum atomic E-state index is 13.1. The van der Waals surface area contributed by atoms with Crippen molar-refractivity contribution in [1.29, 1.82) is 0 Å². The van der Waals surface area contributed by atoms with Crippen LogP contribution in [0.5, 0.6) is 5.75 Å². The summed E-state index contributed by atoms with van der Waals surface area (Å²) in [6.07, 6.45) is 1.69. The molecular weight excluding hydrogens is 364 g/mol. The number of benzene rings is 1. The molecule has 3 rings (SSSR count). The van der Waals surface area contributed by atoms with Crippen molar-refractivity contribution in [2.75, 3.05) is 12.4 Å². The molecule has 0 aliphatic heterocycles. The van der Waals surface area contributed by atoms with Crippen molar-refractivity contribution in [3.8, 4) is 5.75 Å². The van der Waals surface area contributed by atoms with Gasteiger partial charge in [0.15, 0.2) is 5.65 Å². The van der Waals surface area contributed by atoms with Gasteiger partial charge in [0.2, 0.25) is 0 Å². The molecule has 0 saturated carbocycles. The molecule has 0 unspecified atom stereocenters. The number of methoxy groups -OCH3 is 1. The van der Waals surface area contributed by atoms with Crippen LogP contribution in [-0.4, -0.2) is 27.8 Å². The van der Waals surface area contributed by atoms with Crippen LogP contribution in [0, 0.1) is 0 Å². The van der Waals surface area contributed by atoms with E-state index >= 15 is 0 Å². The second-order valence-electron chi connectivity index (χ2n) is 6.97. The van der Waals surface area contributed by atoms with Gasteiger partial charge in [0.05, 0.1) is 29.9 Å². The number of anilines is 1. The summed E-state index contributed by atoms with van der Waals surface area (Å²) in [6, 6.07) is 7.06. The highest BCUT2D eigenvalue weighted by Crippen LogP contribution is 2.30. The average molecular weight is 387 g/mol. The Bertz CT molecular complexity index is 995. The van der Waals surface area contributed by atoms with Crippen molar-refractivity contribution < 1.29 is 9.53 Å². The minimum atomic E-state index is -0.256. The molecule has 142 valence electrons. The first kappa shape index (κ1) is 19.2. The summed E-state index contributed by atoms with van der Waals surface area (Å²) in [5.74, 6) is 0.463. The van der Waals surface area contributed by atoms with E-state index in [1.165, 1.54) is 0 Å². The van der Waals surface area contributed by atoms with E-state index in [2.05, 4.69) is 10.4 Å². The summed E-state index contributed by atoms with van der Waals surface area (Å²) in [6.45, 7) is 8.16. The van der Waals surface area contributed by atoms with Gasteiger partial charge in [-0.3, -0.25) is 4.79 Å². The van der Waals surface area contributed by atoms with Crippen molar-refractivity contribution in [1.82, 2.24) is 14.8 Å². The van der Waals surface area contributed by atoms with Gasteiger partial charge in [-0.2, -0.15) is 5.10 Å². The predicted octanol–water partition coefficient (Wildman–Crippen LogP) is 5.05. The molecule has 0 aliphatic rings. The molecule has 0 aliphatic carbocycles. The fourth-order valence-corrected chi connectivity index (χ4v) is 3.04. The molecule has 0 atom stereocenters. The number of aromatic nitrogens is 3. The van der Waals surface area contributed by atoms with Crippen molar-refractivity contribution >= 4 is 34.2 Å². The number of rotatable bonds is 5. The fraction of sp³-hybridized carbons (Fsp3) is 0.350. The lowest BCUT2D eigenvalue weighted by atomic mass is 10.0. The highest BCUT2D eigenvalue weighted by Gasteiger charge is 2.20. The Morgan fingerprint density at radius 2 is 1.96 bits per heavy atom. The monoisotopic (exact) mass is 386 g/mol. The molecule has 27 heavy (non-hydrogen) atoms. The summed E-state index contributed by atoms with van der Waals surface area (Å²) >= 11 is 6.07. The van der Waals surface area contributed by atoms with Crippen molar-refractivity contribution in [2.24, 2.45) is 0 Å². The second-order valence-corrected chi connectivity index (χ2v) is 7.40. The van der Waals surface area contributed by atoms with Crippen molar-refractivity contribution in [3.63, 3.8) is 0 Å². The molecule has 0 fully saturated rings. The number of hydrogen-bond donors (Lipinski definition) is 1. The number of pyridine rings is 1. The lowest BCUT2D eigenvalue weighted by Crippen LogP contribution is -2.15. The first-order valence-corrected chi connectivity index (χ1v) is 9.22. The van der Waals surface area contributed by atoms with Crippen molar-refractivity contribution in [3.05, 3.63) is 46.7 Å². The van der Waals surface area contributed by atoms with Gasteiger partial charge >= 0.3 is 0 Å². The van der Waals surface area contributed by atoms with E-state index in [0.717, 1.165) is 5.69 Å². The second kappa shape index (κ2) is 7.56. The maximum Gasteiger partial charge on any atom is 0.256 e. The van der Waals surface area contributed by atoms with Crippen LogP contribution >= 0.6 is 11.6 Å². The van der Waals surface area contributed by atoms with Gasteiger partial charge in [-0.15, -0.1) is 0 Å². The van der Waals surface area contributed by atoms with Gasteiger partial charge in [-0.25, -0.2) is 9.67 Å². The van der Waals surface area contributed by atoms with Crippen LogP contribution in [0.4, 0.5) is 5.69 Å². The molecule has 6 nitrogen and oxygen atoms in total. The SMILES string of the molecule is COc1ccc(Cl)cc1NC(=O)c1cc(C(C)C)nc2c1cnn2C(C)C. The summed E-state index contributed by atoms with van der Waals surface area (Å²) in [7, 11) is 1.55. The van der Waals surface area contributed by atoms with E-state index in [-0.39, 0.29) is 17.9 Å². The zero-order valence-corrected chi connectivity index (χ0v) is 16.8. The van der Waals surface area contributed by atoms with Crippen LogP contribution in [-0.2, 0) is 0 Å². The molecule has 1 N–H and O–H groups in total. The van der Waals surface area contributed by atoms with Crippen LogP contribution in [0.15, 0.2) is 30.5 Å². The highest BCUT2D eigenvalue weighted by atomic mass is 35.5. The Hall–Kier alpha value is -2.60. The molecule has 0 radical (unpaired) electrons. The third-order valence-electron chi connectivity index (χ3n) is 4.32. The molecule has 1 amide bonds. The van der Waals surface area contributed by atoms with Gasteiger partial charge in [0.1, 0.15) is 5.75 Å². The average Bonchev–Trinajstić information content (AvgIpc) is 3.05. The van der Waals surface area contributed by atoms with Crippen LogP contribution in [0.1, 0.15) is 55.7 Å². The predicted molar refractivity (Wildman–Crippen MR) is 108 cm³/mol. The quantitative estimate of drug-likeness (QED) is 0.666. The third kappa shape index (κ3) is 3.76. The van der Waals surface area contributed by atoms with Gasteiger partial charge in [-0.1, -0.05) is 25.4 Å². The van der Waals surface area contributed by atoms with E-state index in [9.17, 15) is 4.79 Å². The largest absolute Gasteiger partial charge is 0.495 e. The number of hydrogen-bond acceptors (Lipinski definition) is 4. The number of amides is 1. The smallest absolute Gasteiger partial charge is 0.256 e. The number of ether oxygens (including phenoxy) is 1. The zero-order chi connectivity index (χ0) is 19.7. The summed E-state index contributed by atoms with van der Waals surface area (Å²) in [5, 5.41) is 8.55. The lowest BCUT2D eigenvalue weighted by molar-refractivity contribution is 0.102. The molecule has 0 bridgehead atoms. The topological polar surface area (TPSA) is 69.0 Å². The Kier molecular flexibility index (Phi) is 5.37. The lowest BCUT2D eigenvalue weighted by Gasteiger charge is -2.14. The summed E-state index contributed by atoms with van der Waals surface area (Å²) in [4.78, 5) is 17.8. The Morgan fingerprint density at radius 1 is 1.22 bits per heavy atom. The Labute approximate surface area is 163 Å². The number of carbonyl (C=O) groups is 1. The first-order valence-electron chi connectivity index (χ1n) is 8.84. The molecule has 1 aromatic carbocycles. The summed E-state index contributed by atoms with van der Waals surface area (Å²) in [5.41, 5.74) is 2.59. The molecule has 2 aromatic heterocycles. The molecule has 2 heterocycles. The van der Waals surface area contributed by atoms with E-state index in [0.29, 0.717) is 33.1 Å². The molecule has 0 saturated heterocycles. The number of halogens is 1. The number of fused-ring (bicyclic) bond motifs is 1. The van der Waals surface area contributed by atoms with E-state index in [4.69, 9.17) is 21.3 Å². The Balaban J connectivity index is 2.10. The molecular formula is C20H23ClN4O2. The van der Waals surface area contributed by atoms with Crippen molar-refractivity contribution in [2.45, 2.75) is 39.7 Å². The highest BCUT2D eigenvalue weighted by molar-refractivity contribution is 6.31. The standard InChI is InChI=1S/C20H23ClN4O2/c1-11(2)16-9-14(15-10-22-25(12(3)4)19(15)23-16)20(26)24-17-8-13(21)6-7-18(17)27-5/h6-12H,1-5H3,(H,24,26). The third-order valence-corrected chi connectivity index (χ3v) is 4.56. The summed E-state index contributed by atoms with van der Waals surface area (Å²) < 4.78 is 7.15. The normalized spacial score (nSPS) is 11.4.